The molecule has 3 rings (SSSR count). The molecule has 0 radical (unpaired) electrons. The minimum Gasteiger partial charge on any atom is -0.436 e. The maximum absolute atomic E-state index is 12.5. The molecule has 0 bridgehead atoms. The van der Waals surface area contributed by atoms with Crippen LogP contribution in [0.25, 0.3) is 22.8 Å². The number of oxazole rings is 1. The predicted molar refractivity (Wildman–Crippen MR) is 99.2 cm³/mol. The Kier molecular flexibility index (Phi) is 5.29. The highest BCUT2D eigenvalue weighted by molar-refractivity contribution is 6.00. The third kappa shape index (κ3) is 4.15. The first-order chi connectivity index (χ1) is 12.1. The molecule has 0 spiro atoms. The Morgan fingerprint density at radius 1 is 1.08 bits per heavy atom. The predicted octanol–water partition coefficient (Wildman–Crippen LogP) is 4.78. The largest absolute Gasteiger partial charge is 0.436 e. The minimum absolute atomic E-state index is 0.101. The van der Waals surface area contributed by atoms with Crippen LogP contribution in [0.5, 0.6) is 0 Å². The van der Waals surface area contributed by atoms with E-state index in [1.807, 2.05) is 48.5 Å². The van der Waals surface area contributed by atoms with Gasteiger partial charge in [-0.05, 0) is 24.5 Å². The lowest BCUT2D eigenvalue weighted by Gasteiger charge is -2.09. The maximum atomic E-state index is 12.5. The van der Waals surface area contributed by atoms with E-state index in [2.05, 4.69) is 24.1 Å². The molecule has 0 aliphatic rings. The smallest absolute Gasteiger partial charge is 0.252 e. The quantitative estimate of drug-likeness (QED) is 0.705. The Morgan fingerprint density at radius 2 is 1.80 bits per heavy atom. The summed E-state index contributed by atoms with van der Waals surface area (Å²) in [5, 5.41) is 2.97. The van der Waals surface area contributed by atoms with Crippen LogP contribution >= 0.6 is 0 Å². The number of amides is 1. The molecule has 128 valence electrons. The van der Waals surface area contributed by atoms with Gasteiger partial charge in [-0.3, -0.25) is 4.79 Å². The van der Waals surface area contributed by atoms with Gasteiger partial charge in [0.2, 0.25) is 5.89 Å². The lowest BCUT2D eigenvalue weighted by molar-refractivity contribution is 0.0952. The number of nitrogens with zero attached hydrogens (tertiary/aromatic N) is 1. The van der Waals surface area contributed by atoms with Crippen molar-refractivity contribution in [1.82, 2.24) is 10.3 Å². The second-order valence-corrected chi connectivity index (χ2v) is 6.38. The average molecular weight is 334 g/mol. The lowest BCUT2D eigenvalue weighted by Crippen LogP contribution is -2.25. The van der Waals surface area contributed by atoms with E-state index in [9.17, 15) is 4.79 Å². The van der Waals surface area contributed by atoms with E-state index in [-0.39, 0.29) is 5.91 Å². The van der Waals surface area contributed by atoms with Crippen LogP contribution in [-0.4, -0.2) is 17.4 Å². The monoisotopic (exact) mass is 334 g/mol. The highest BCUT2D eigenvalue weighted by atomic mass is 16.4. The van der Waals surface area contributed by atoms with Gasteiger partial charge in [0.05, 0.1) is 11.8 Å². The summed E-state index contributed by atoms with van der Waals surface area (Å²) in [5.74, 6) is 1.59. The summed E-state index contributed by atoms with van der Waals surface area (Å²) in [6.45, 7) is 4.93. The Labute approximate surface area is 147 Å². The zero-order valence-corrected chi connectivity index (χ0v) is 14.5. The molecular weight excluding hydrogens is 312 g/mol. The van der Waals surface area contributed by atoms with Crippen molar-refractivity contribution >= 4 is 5.91 Å². The van der Waals surface area contributed by atoms with E-state index in [1.165, 1.54) is 0 Å². The fraction of sp³-hybridized carbons (Fsp3) is 0.238. The van der Waals surface area contributed by atoms with E-state index in [0.717, 1.165) is 12.0 Å². The number of rotatable bonds is 6. The van der Waals surface area contributed by atoms with Crippen molar-refractivity contribution in [1.29, 1.82) is 0 Å². The van der Waals surface area contributed by atoms with Gasteiger partial charge >= 0.3 is 0 Å². The van der Waals surface area contributed by atoms with Crippen molar-refractivity contribution in [2.45, 2.75) is 20.3 Å². The third-order valence-electron chi connectivity index (χ3n) is 3.97. The molecule has 4 heteroatoms. The molecule has 1 aromatic heterocycles. The average Bonchev–Trinajstić information content (AvgIpc) is 3.12. The van der Waals surface area contributed by atoms with Crippen LogP contribution in [0.3, 0.4) is 0 Å². The molecule has 1 amide bonds. The summed E-state index contributed by atoms with van der Waals surface area (Å²) in [6.07, 6.45) is 2.64. The third-order valence-corrected chi connectivity index (χ3v) is 3.97. The number of carbonyl (C=O) groups is 1. The van der Waals surface area contributed by atoms with E-state index >= 15 is 0 Å². The Bertz CT molecular complexity index is 838. The van der Waals surface area contributed by atoms with Crippen LogP contribution in [0.1, 0.15) is 30.6 Å². The van der Waals surface area contributed by atoms with E-state index in [0.29, 0.717) is 35.2 Å². The number of hydrogen-bond donors (Lipinski definition) is 1. The SMILES string of the molecule is CC(C)CCNC(=O)c1ccccc1-c1ncc(-c2ccccc2)o1. The number of carbonyl (C=O) groups excluding carboxylic acids is 1. The van der Waals surface area contributed by atoms with Crippen molar-refractivity contribution in [3.8, 4) is 22.8 Å². The first kappa shape index (κ1) is 17.0. The maximum Gasteiger partial charge on any atom is 0.252 e. The standard InChI is InChI=1S/C21H22N2O2/c1-15(2)12-13-22-20(24)17-10-6-7-11-18(17)21-23-14-19(25-21)16-8-4-3-5-9-16/h3-11,14-15H,12-13H2,1-2H3,(H,22,24). The minimum atomic E-state index is -0.101. The molecule has 2 aromatic carbocycles. The zero-order chi connectivity index (χ0) is 17.6. The van der Waals surface area contributed by atoms with Crippen LogP contribution in [0.4, 0.5) is 0 Å². The van der Waals surface area contributed by atoms with Crippen LogP contribution in [0, 0.1) is 5.92 Å². The number of nitrogens with one attached hydrogen (secondary N) is 1. The van der Waals surface area contributed by atoms with Crippen molar-refractivity contribution < 1.29 is 9.21 Å². The molecule has 1 heterocycles. The first-order valence-electron chi connectivity index (χ1n) is 8.54. The van der Waals surface area contributed by atoms with E-state index in [1.54, 1.807) is 12.3 Å². The van der Waals surface area contributed by atoms with Gasteiger partial charge < -0.3 is 9.73 Å². The van der Waals surface area contributed by atoms with E-state index in [4.69, 9.17) is 4.42 Å². The van der Waals surface area contributed by atoms with Gasteiger partial charge in [0.15, 0.2) is 5.76 Å². The molecule has 0 fully saturated rings. The molecule has 25 heavy (non-hydrogen) atoms. The second kappa shape index (κ2) is 7.79. The summed E-state index contributed by atoms with van der Waals surface area (Å²) in [4.78, 5) is 16.9. The fourth-order valence-corrected chi connectivity index (χ4v) is 2.57. The Balaban J connectivity index is 1.84. The van der Waals surface area contributed by atoms with Gasteiger partial charge in [0.1, 0.15) is 0 Å². The summed E-state index contributed by atoms with van der Waals surface area (Å²) >= 11 is 0. The van der Waals surface area contributed by atoms with Gasteiger partial charge in [-0.25, -0.2) is 4.98 Å². The van der Waals surface area contributed by atoms with Crippen molar-refractivity contribution in [3.05, 3.63) is 66.4 Å². The highest BCUT2D eigenvalue weighted by Gasteiger charge is 2.16. The van der Waals surface area contributed by atoms with Crippen LogP contribution in [0.2, 0.25) is 0 Å². The normalized spacial score (nSPS) is 10.8. The Morgan fingerprint density at radius 3 is 2.56 bits per heavy atom. The van der Waals surface area contributed by atoms with E-state index < -0.39 is 0 Å². The number of benzene rings is 2. The summed E-state index contributed by atoms with van der Waals surface area (Å²) < 4.78 is 5.90. The molecule has 4 nitrogen and oxygen atoms in total. The summed E-state index contributed by atoms with van der Waals surface area (Å²) in [5.41, 5.74) is 2.24. The van der Waals surface area contributed by atoms with Crippen molar-refractivity contribution in [2.24, 2.45) is 5.92 Å². The van der Waals surface area contributed by atoms with Crippen LogP contribution < -0.4 is 5.32 Å². The molecule has 0 aliphatic heterocycles. The van der Waals surface area contributed by atoms with Crippen molar-refractivity contribution in [2.75, 3.05) is 6.54 Å². The molecule has 3 aromatic rings. The van der Waals surface area contributed by atoms with Gasteiger partial charge in [0.25, 0.3) is 5.91 Å². The van der Waals surface area contributed by atoms with Crippen LogP contribution in [0.15, 0.2) is 65.2 Å². The topological polar surface area (TPSA) is 55.1 Å². The Hall–Kier alpha value is -2.88. The molecule has 0 saturated heterocycles. The van der Waals surface area contributed by atoms with Crippen molar-refractivity contribution in [3.63, 3.8) is 0 Å². The number of aromatic nitrogens is 1. The van der Waals surface area contributed by atoms with Gasteiger partial charge in [-0.1, -0.05) is 56.3 Å². The molecular formula is C21H22N2O2. The molecule has 0 aliphatic carbocycles. The second-order valence-electron chi connectivity index (χ2n) is 6.38. The summed E-state index contributed by atoms with van der Waals surface area (Å²) in [6, 6.07) is 17.2. The fourth-order valence-electron chi connectivity index (χ4n) is 2.57. The van der Waals surface area contributed by atoms with Crippen LogP contribution in [-0.2, 0) is 0 Å². The summed E-state index contributed by atoms with van der Waals surface area (Å²) in [7, 11) is 0. The number of hydrogen-bond acceptors (Lipinski definition) is 3. The zero-order valence-electron chi connectivity index (χ0n) is 14.5. The molecule has 0 atom stereocenters. The molecule has 0 saturated carbocycles. The van der Waals surface area contributed by atoms with Gasteiger partial charge in [-0.2, -0.15) is 0 Å². The highest BCUT2D eigenvalue weighted by Crippen LogP contribution is 2.28. The van der Waals surface area contributed by atoms with Gasteiger partial charge in [-0.15, -0.1) is 0 Å². The van der Waals surface area contributed by atoms with Gasteiger partial charge in [0, 0.05) is 17.7 Å². The first-order valence-corrected chi connectivity index (χ1v) is 8.54. The molecule has 0 unspecified atom stereocenters. The molecule has 1 N–H and O–H groups in total. The lowest BCUT2D eigenvalue weighted by atomic mass is 10.1.